The van der Waals surface area contributed by atoms with Crippen LogP contribution in [0, 0.1) is 11.3 Å². The maximum Gasteiger partial charge on any atom is 0.343 e. The quantitative estimate of drug-likeness (QED) is 0.783. The average molecular weight is 234 g/mol. The second-order valence-electron chi connectivity index (χ2n) is 3.19. The molecule has 0 aromatic heterocycles. The molecule has 0 radical (unpaired) electrons. The third-order valence-corrected chi connectivity index (χ3v) is 2.04. The molecule has 5 heteroatoms. The Kier molecular flexibility index (Phi) is 4.82. The van der Waals surface area contributed by atoms with Crippen LogP contribution in [0.1, 0.15) is 6.92 Å². The van der Waals surface area contributed by atoms with Crippen LogP contribution in [0.2, 0.25) is 0 Å². The lowest BCUT2D eigenvalue weighted by molar-refractivity contribution is -0.140. The number of carbonyl (C=O) groups is 1. The van der Waals surface area contributed by atoms with Crippen LogP contribution >= 0.6 is 0 Å². The van der Waals surface area contributed by atoms with Crippen molar-refractivity contribution in [3.63, 3.8) is 0 Å². The standard InChI is InChI=1S/C12H14N2O3/c1-3-17-10-6-4-9(5-7-10)14-11(8-13)12(15)16-2/h4-7,11,14H,3H2,1-2H3. The molecule has 1 rings (SSSR count). The van der Waals surface area contributed by atoms with Gasteiger partial charge >= 0.3 is 5.97 Å². The van der Waals surface area contributed by atoms with Crippen molar-refractivity contribution in [2.45, 2.75) is 13.0 Å². The van der Waals surface area contributed by atoms with Crippen molar-refractivity contribution < 1.29 is 14.3 Å². The van der Waals surface area contributed by atoms with E-state index in [0.29, 0.717) is 12.3 Å². The molecule has 1 unspecified atom stereocenters. The van der Waals surface area contributed by atoms with Crippen LogP contribution in [0.5, 0.6) is 5.75 Å². The van der Waals surface area contributed by atoms with Crippen LogP contribution in [0.15, 0.2) is 24.3 Å². The van der Waals surface area contributed by atoms with Crippen molar-refractivity contribution in [3.8, 4) is 11.8 Å². The van der Waals surface area contributed by atoms with Gasteiger partial charge in [0, 0.05) is 5.69 Å². The van der Waals surface area contributed by atoms with Gasteiger partial charge in [-0.3, -0.25) is 0 Å². The maximum atomic E-state index is 11.2. The zero-order valence-corrected chi connectivity index (χ0v) is 9.77. The number of nitrogens with one attached hydrogen (secondary N) is 1. The van der Waals surface area contributed by atoms with E-state index in [9.17, 15) is 4.79 Å². The fourth-order valence-electron chi connectivity index (χ4n) is 1.24. The van der Waals surface area contributed by atoms with E-state index in [2.05, 4.69) is 10.1 Å². The Morgan fingerprint density at radius 2 is 2.12 bits per heavy atom. The molecule has 1 N–H and O–H groups in total. The summed E-state index contributed by atoms with van der Waals surface area (Å²) in [5, 5.41) is 11.5. The zero-order valence-electron chi connectivity index (χ0n) is 9.77. The number of ether oxygens (including phenoxy) is 2. The molecule has 0 saturated heterocycles. The fraction of sp³-hybridized carbons (Fsp3) is 0.333. The lowest BCUT2D eigenvalue weighted by atomic mass is 10.2. The van der Waals surface area contributed by atoms with Crippen molar-refractivity contribution in [1.82, 2.24) is 0 Å². The van der Waals surface area contributed by atoms with Crippen molar-refractivity contribution in [2.75, 3.05) is 19.0 Å². The predicted molar refractivity (Wildman–Crippen MR) is 62.7 cm³/mol. The van der Waals surface area contributed by atoms with E-state index in [0.717, 1.165) is 5.75 Å². The maximum absolute atomic E-state index is 11.2. The number of anilines is 1. The summed E-state index contributed by atoms with van der Waals surface area (Å²) >= 11 is 0. The lowest BCUT2D eigenvalue weighted by Gasteiger charge is -2.11. The van der Waals surface area contributed by atoms with E-state index in [-0.39, 0.29) is 0 Å². The van der Waals surface area contributed by atoms with Gasteiger partial charge in [-0.2, -0.15) is 5.26 Å². The second kappa shape index (κ2) is 6.38. The van der Waals surface area contributed by atoms with E-state index < -0.39 is 12.0 Å². The predicted octanol–water partition coefficient (Wildman–Crippen LogP) is 1.56. The average Bonchev–Trinajstić information content (AvgIpc) is 2.37. The molecular weight excluding hydrogens is 220 g/mol. The topological polar surface area (TPSA) is 71.3 Å². The smallest absolute Gasteiger partial charge is 0.343 e. The van der Waals surface area contributed by atoms with Gasteiger partial charge < -0.3 is 14.8 Å². The molecule has 0 fully saturated rings. The van der Waals surface area contributed by atoms with Crippen LogP contribution in [0.4, 0.5) is 5.69 Å². The van der Waals surface area contributed by atoms with Crippen LogP contribution in [-0.4, -0.2) is 25.7 Å². The Morgan fingerprint density at radius 3 is 2.59 bits per heavy atom. The lowest BCUT2D eigenvalue weighted by Crippen LogP contribution is -2.28. The molecule has 5 nitrogen and oxygen atoms in total. The van der Waals surface area contributed by atoms with Crippen LogP contribution < -0.4 is 10.1 Å². The van der Waals surface area contributed by atoms with Gasteiger partial charge in [0.25, 0.3) is 0 Å². The van der Waals surface area contributed by atoms with E-state index in [4.69, 9.17) is 10.00 Å². The van der Waals surface area contributed by atoms with Gasteiger partial charge in [0.15, 0.2) is 0 Å². The monoisotopic (exact) mass is 234 g/mol. The highest BCUT2D eigenvalue weighted by atomic mass is 16.5. The number of esters is 1. The minimum atomic E-state index is -1.00. The molecule has 1 atom stereocenters. The Balaban J connectivity index is 2.68. The van der Waals surface area contributed by atoms with Gasteiger partial charge in [-0.1, -0.05) is 0 Å². The summed E-state index contributed by atoms with van der Waals surface area (Å²) in [6.45, 7) is 2.49. The van der Waals surface area contributed by atoms with Gasteiger partial charge in [-0.25, -0.2) is 4.79 Å². The molecule has 0 aliphatic rings. The van der Waals surface area contributed by atoms with Crippen LogP contribution in [0.3, 0.4) is 0 Å². The molecule has 0 saturated carbocycles. The molecule has 17 heavy (non-hydrogen) atoms. The molecule has 0 amide bonds. The van der Waals surface area contributed by atoms with Crippen molar-refractivity contribution in [2.24, 2.45) is 0 Å². The molecular formula is C12H14N2O3. The Hall–Kier alpha value is -2.22. The first-order valence-electron chi connectivity index (χ1n) is 5.18. The van der Waals surface area contributed by atoms with E-state index >= 15 is 0 Å². The first-order valence-corrected chi connectivity index (χ1v) is 5.18. The summed E-state index contributed by atoms with van der Waals surface area (Å²) in [5.74, 6) is 0.131. The van der Waals surface area contributed by atoms with Crippen molar-refractivity contribution in [1.29, 1.82) is 5.26 Å². The minimum absolute atomic E-state index is 0.593. The Labute approximate surface area is 100.0 Å². The third-order valence-electron chi connectivity index (χ3n) is 2.04. The summed E-state index contributed by atoms with van der Waals surface area (Å²) < 4.78 is 9.77. The molecule has 0 spiro atoms. The molecule has 0 bridgehead atoms. The summed E-state index contributed by atoms with van der Waals surface area (Å²) in [4.78, 5) is 11.2. The Morgan fingerprint density at radius 1 is 1.47 bits per heavy atom. The van der Waals surface area contributed by atoms with E-state index in [1.807, 2.05) is 13.0 Å². The third kappa shape index (κ3) is 3.68. The van der Waals surface area contributed by atoms with Crippen molar-refractivity contribution >= 4 is 11.7 Å². The summed E-state index contributed by atoms with van der Waals surface area (Å²) in [7, 11) is 1.24. The molecule has 1 aromatic carbocycles. The summed E-state index contributed by atoms with van der Waals surface area (Å²) in [5.41, 5.74) is 0.658. The first-order chi connectivity index (χ1) is 8.21. The van der Waals surface area contributed by atoms with E-state index in [1.165, 1.54) is 7.11 Å². The number of nitriles is 1. The number of methoxy groups -OCH3 is 1. The highest BCUT2D eigenvalue weighted by Gasteiger charge is 2.17. The molecule has 0 heterocycles. The van der Waals surface area contributed by atoms with Gasteiger partial charge in [0.1, 0.15) is 5.75 Å². The van der Waals surface area contributed by atoms with E-state index in [1.54, 1.807) is 24.3 Å². The molecule has 0 aliphatic heterocycles. The van der Waals surface area contributed by atoms with Gasteiger partial charge in [0.2, 0.25) is 6.04 Å². The minimum Gasteiger partial charge on any atom is -0.494 e. The first kappa shape index (κ1) is 12.8. The second-order valence-corrected chi connectivity index (χ2v) is 3.19. The highest BCUT2D eigenvalue weighted by molar-refractivity contribution is 5.82. The van der Waals surface area contributed by atoms with Gasteiger partial charge in [-0.05, 0) is 31.2 Å². The Bertz CT molecular complexity index is 409. The highest BCUT2D eigenvalue weighted by Crippen LogP contribution is 2.16. The number of carbonyl (C=O) groups excluding carboxylic acids is 1. The molecule has 90 valence electrons. The number of hydrogen-bond acceptors (Lipinski definition) is 5. The normalized spacial score (nSPS) is 11.1. The zero-order chi connectivity index (χ0) is 12.7. The molecule has 0 aliphatic carbocycles. The van der Waals surface area contributed by atoms with Gasteiger partial charge in [0.05, 0.1) is 19.8 Å². The fourth-order valence-corrected chi connectivity index (χ4v) is 1.24. The van der Waals surface area contributed by atoms with Crippen LogP contribution in [-0.2, 0) is 9.53 Å². The number of nitrogens with zero attached hydrogens (tertiary/aromatic N) is 1. The largest absolute Gasteiger partial charge is 0.494 e. The summed E-state index contributed by atoms with van der Waals surface area (Å²) in [6, 6.07) is 7.81. The molecule has 1 aromatic rings. The number of hydrogen-bond donors (Lipinski definition) is 1. The van der Waals surface area contributed by atoms with Crippen molar-refractivity contribution in [3.05, 3.63) is 24.3 Å². The van der Waals surface area contributed by atoms with Crippen LogP contribution in [0.25, 0.3) is 0 Å². The number of benzene rings is 1. The summed E-state index contributed by atoms with van der Waals surface area (Å²) in [6.07, 6.45) is 0. The number of rotatable bonds is 5. The van der Waals surface area contributed by atoms with Gasteiger partial charge in [-0.15, -0.1) is 0 Å². The SMILES string of the molecule is CCOc1ccc(NC(C#N)C(=O)OC)cc1.